The van der Waals surface area contributed by atoms with Gasteiger partial charge < -0.3 is 14.7 Å². The van der Waals surface area contributed by atoms with Crippen molar-refractivity contribution >= 4 is 17.4 Å². The first-order valence-electron chi connectivity index (χ1n) is 6.14. The quantitative estimate of drug-likeness (QED) is 0.683. The highest BCUT2D eigenvalue weighted by Gasteiger charge is 2.26. The van der Waals surface area contributed by atoms with E-state index in [-0.39, 0.29) is 30.8 Å². The lowest BCUT2D eigenvalue weighted by molar-refractivity contribution is -0.387. The number of hydrogen-bond acceptors (Lipinski definition) is 4. The van der Waals surface area contributed by atoms with Gasteiger partial charge in [-0.05, 0) is 18.1 Å². The Hall–Kier alpha value is -2.64. The molecule has 2 rings (SSSR count). The fourth-order valence-electron chi connectivity index (χ4n) is 2.23. The lowest BCUT2D eigenvalue weighted by Crippen LogP contribution is -2.33. The molecule has 8 heteroatoms. The van der Waals surface area contributed by atoms with Gasteiger partial charge in [0, 0.05) is 19.2 Å². The summed E-state index contributed by atoms with van der Waals surface area (Å²) in [5.74, 6) is -0.775. The maximum Gasteiger partial charge on any atom is 0.407 e. The number of hydrogen-bond donors (Lipinski definition) is 1. The molecule has 0 saturated heterocycles. The van der Waals surface area contributed by atoms with E-state index >= 15 is 0 Å². The summed E-state index contributed by atoms with van der Waals surface area (Å²) in [4.78, 5) is 22.0. The van der Waals surface area contributed by atoms with Gasteiger partial charge in [-0.2, -0.15) is 4.39 Å². The van der Waals surface area contributed by atoms with Gasteiger partial charge in [-0.3, -0.25) is 10.1 Å². The molecule has 1 aliphatic rings. The van der Waals surface area contributed by atoms with Crippen LogP contribution in [-0.4, -0.2) is 41.2 Å². The average Bonchev–Trinajstić information content (AvgIpc) is 2.46. The summed E-state index contributed by atoms with van der Waals surface area (Å²) in [6.07, 6.45) is 0.750. The number of carbonyl (C=O) groups is 1. The average molecular weight is 296 g/mol. The zero-order valence-corrected chi connectivity index (χ0v) is 11.2. The Bertz CT molecular complexity index is 629. The number of carboxylic acid groups (broad SMARTS) is 1. The number of nitro benzene ring substituents is 1. The van der Waals surface area contributed by atoms with E-state index in [2.05, 4.69) is 0 Å². The molecular formula is C13H13FN2O5. The number of benzene rings is 1. The Morgan fingerprint density at radius 1 is 1.52 bits per heavy atom. The van der Waals surface area contributed by atoms with Crippen molar-refractivity contribution in [3.05, 3.63) is 39.7 Å². The van der Waals surface area contributed by atoms with E-state index in [1.165, 1.54) is 18.1 Å². The number of nitro groups is 1. The minimum Gasteiger partial charge on any atom is -0.496 e. The van der Waals surface area contributed by atoms with Crippen molar-refractivity contribution in [1.29, 1.82) is 0 Å². The van der Waals surface area contributed by atoms with E-state index in [1.54, 1.807) is 6.08 Å². The van der Waals surface area contributed by atoms with Crippen molar-refractivity contribution in [2.45, 2.75) is 6.42 Å². The van der Waals surface area contributed by atoms with Crippen LogP contribution < -0.4 is 4.74 Å². The zero-order valence-electron chi connectivity index (χ0n) is 11.2. The summed E-state index contributed by atoms with van der Waals surface area (Å²) >= 11 is 0. The molecule has 0 fully saturated rings. The minimum atomic E-state index is -1.06. The summed E-state index contributed by atoms with van der Waals surface area (Å²) in [6, 6.07) is 2.38. The van der Waals surface area contributed by atoms with Crippen LogP contribution in [0.25, 0.3) is 5.57 Å². The Balaban J connectivity index is 2.46. The highest BCUT2D eigenvalue weighted by atomic mass is 19.1. The lowest BCUT2D eigenvalue weighted by atomic mass is 9.97. The van der Waals surface area contributed by atoms with Gasteiger partial charge in [0.1, 0.15) is 5.75 Å². The molecule has 1 aliphatic heterocycles. The van der Waals surface area contributed by atoms with Crippen molar-refractivity contribution in [2.24, 2.45) is 0 Å². The minimum absolute atomic E-state index is 0.0248. The molecule has 0 atom stereocenters. The SMILES string of the molecule is COc1ccc([N+](=O)[O-])c(F)c1C1=CCN(C(=O)O)CC1. The molecule has 1 aromatic rings. The highest BCUT2D eigenvalue weighted by molar-refractivity contribution is 5.76. The fraction of sp³-hybridized carbons (Fsp3) is 0.308. The molecule has 0 aromatic heterocycles. The normalized spacial score (nSPS) is 14.6. The first kappa shape index (κ1) is 14.8. The van der Waals surface area contributed by atoms with E-state index in [0.717, 1.165) is 6.07 Å². The van der Waals surface area contributed by atoms with Gasteiger partial charge >= 0.3 is 11.8 Å². The summed E-state index contributed by atoms with van der Waals surface area (Å²) < 4.78 is 19.4. The van der Waals surface area contributed by atoms with E-state index < -0.39 is 22.5 Å². The molecule has 0 radical (unpaired) electrons. The number of nitrogens with zero attached hydrogens (tertiary/aromatic N) is 2. The van der Waals surface area contributed by atoms with Gasteiger partial charge in [-0.15, -0.1) is 0 Å². The maximum absolute atomic E-state index is 14.3. The molecule has 0 spiro atoms. The van der Waals surface area contributed by atoms with Gasteiger partial charge in [0.2, 0.25) is 5.82 Å². The van der Waals surface area contributed by atoms with Gasteiger partial charge in [-0.1, -0.05) is 6.08 Å². The van der Waals surface area contributed by atoms with Gasteiger partial charge in [0.15, 0.2) is 0 Å². The first-order valence-corrected chi connectivity index (χ1v) is 6.14. The number of amides is 1. The van der Waals surface area contributed by atoms with Crippen molar-refractivity contribution < 1.29 is 24.0 Å². The van der Waals surface area contributed by atoms with Gasteiger partial charge in [0.05, 0.1) is 17.6 Å². The molecule has 1 amide bonds. The smallest absolute Gasteiger partial charge is 0.407 e. The Morgan fingerprint density at radius 2 is 2.24 bits per heavy atom. The lowest BCUT2D eigenvalue weighted by Gasteiger charge is -2.24. The molecule has 21 heavy (non-hydrogen) atoms. The predicted octanol–water partition coefficient (Wildman–Crippen LogP) is 2.51. The molecule has 0 aliphatic carbocycles. The van der Waals surface area contributed by atoms with E-state index in [4.69, 9.17) is 9.84 Å². The third-order valence-corrected chi connectivity index (χ3v) is 3.30. The maximum atomic E-state index is 14.3. The number of rotatable bonds is 3. The van der Waals surface area contributed by atoms with Crippen molar-refractivity contribution in [3.63, 3.8) is 0 Å². The van der Waals surface area contributed by atoms with Gasteiger partial charge in [0.25, 0.3) is 0 Å². The second-order valence-electron chi connectivity index (χ2n) is 4.44. The molecule has 0 unspecified atom stereocenters. The highest BCUT2D eigenvalue weighted by Crippen LogP contribution is 2.36. The van der Waals surface area contributed by atoms with Crippen LogP contribution in [-0.2, 0) is 0 Å². The van der Waals surface area contributed by atoms with Crippen molar-refractivity contribution in [1.82, 2.24) is 4.90 Å². The second-order valence-corrected chi connectivity index (χ2v) is 4.44. The summed E-state index contributed by atoms with van der Waals surface area (Å²) in [7, 11) is 1.34. The second kappa shape index (κ2) is 5.78. The van der Waals surface area contributed by atoms with E-state index in [9.17, 15) is 19.3 Å². The molecule has 0 bridgehead atoms. The standard InChI is InChI=1S/C13H13FN2O5/c1-21-10-3-2-9(16(19)20)12(14)11(10)8-4-6-15(7-5-8)13(17)18/h2-4H,5-7H2,1H3,(H,17,18). The Morgan fingerprint density at radius 3 is 2.71 bits per heavy atom. The van der Waals surface area contributed by atoms with Crippen LogP contribution in [0.1, 0.15) is 12.0 Å². The molecule has 7 nitrogen and oxygen atoms in total. The van der Waals surface area contributed by atoms with Crippen LogP contribution in [0.15, 0.2) is 18.2 Å². The molecular weight excluding hydrogens is 283 g/mol. The molecule has 1 heterocycles. The van der Waals surface area contributed by atoms with Gasteiger partial charge in [-0.25, -0.2) is 4.79 Å². The topological polar surface area (TPSA) is 92.9 Å². The van der Waals surface area contributed by atoms with Crippen molar-refractivity contribution in [2.75, 3.05) is 20.2 Å². The third kappa shape index (κ3) is 2.78. The van der Waals surface area contributed by atoms with Crippen LogP contribution in [0.5, 0.6) is 5.75 Å². The number of ether oxygens (including phenoxy) is 1. The van der Waals surface area contributed by atoms with Crippen LogP contribution in [0.2, 0.25) is 0 Å². The van der Waals surface area contributed by atoms with Crippen LogP contribution in [0.3, 0.4) is 0 Å². The third-order valence-electron chi connectivity index (χ3n) is 3.30. The first-order chi connectivity index (χ1) is 9.95. The molecule has 0 saturated carbocycles. The fourth-order valence-corrected chi connectivity index (χ4v) is 2.23. The predicted molar refractivity (Wildman–Crippen MR) is 71.8 cm³/mol. The van der Waals surface area contributed by atoms with E-state index in [0.29, 0.717) is 5.57 Å². The van der Waals surface area contributed by atoms with E-state index in [1.807, 2.05) is 0 Å². The van der Waals surface area contributed by atoms with Crippen LogP contribution in [0, 0.1) is 15.9 Å². The van der Waals surface area contributed by atoms with Crippen LogP contribution >= 0.6 is 0 Å². The molecule has 112 valence electrons. The number of halogens is 1. The largest absolute Gasteiger partial charge is 0.496 e. The summed E-state index contributed by atoms with van der Waals surface area (Å²) in [5.41, 5.74) is -0.102. The Kier molecular flexibility index (Phi) is 4.06. The Labute approximate surface area is 119 Å². The van der Waals surface area contributed by atoms with Crippen LogP contribution in [0.4, 0.5) is 14.9 Å². The molecule has 1 N–H and O–H groups in total. The summed E-state index contributed by atoms with van der Waals surface area (Å²) in [5, 5.41) is 19.7. The summed E-state index contributed by atoms with van der Waals surface area (Å²) in [6.45, 7) is 0.308. The zero-order chi connectivity index (χ0) is 15.6. The van der Waals surface area contributed by atoms with Crippen molar-refractivity contribution in [3.8, 4) is 5.75 Å². The number of methoxy groups -OCH3 is 1. The monoisotopic (exact) mass is 296 g/mol. The molecule has 1 aromatic carbocycles.